The number of hydrogen-bond donors (Lipinski definition) is 1. The van der Waals surface area contributed by atoms with Crippen molar-refractivity contribution in [1.29, 1.82) is 0 Å². The summed E-state index contributed by atoms with van der Waals surface area (Å²) in [5.41, 5.74) is 2.02. The van der Waals surface area contributed by atoms with Crippen molar-refractivity contribution < 1.29 is 9.50 Å². The Morgan fingerprint density at radius 2 is 2.00 bits per heavy atom. The van der Waals surface area contributed by atoms with Gasteiger partial charge >= 0.3 is 0 Å². The van der Waals surface area contributed by atoms with Crippen molar-refractivity contribution in [3.05, 3.63) is 68.4 Å². The van der Waals surface area contributed by atoms with E-state index in [0.29, 0.717) is 29.8 Å². The Labute approximate surface area is 136 Å². The first-order valence-corrected chi connectivity index (χ1v) is 8.06. The van der Waals surface area contributed by atoms with Crippen LogP contribution in [0.15, 0.2) is 40.9 Å². The van der Waals surface area contributed by atoms with Crippen molar-refractivity contribution in [1.82, 2.24) is 0 Å². The van der Waals surface area contributed by atoms with Crippen LogP contribution in [0.2, 0.25) is 5.02 Å². The van der Waals surface area contributed by atoms with Crippen LogP contribution in [0.4, 0.5) is 4.39 Å². The number of rotatable bonds is 2. The van der Waals surface area contributed by atoms with Gasteiger partial charge in [-0.15, -0.1) is 0 Å². The second-order valence-electron chi connectivity index (χ2n) is 5.73. The van der Waals surface area contributed by atoms with Gasteiger partial charge in [-0.25, -0.2) is 4.39 Å². The molecule has 0 aliphatic heterocycles. The summed E-state index contributed by atoms with van der Waals surface area (Å²) in [4.78, 5) is 0. The van der Waals surface area contributed by atoms with Gasteiger partial charge in [0.05, 0.1) is 5.60 Å². The third kappa shape index (κ3) is 3.31. The molecular weight excluding hydrogens is 355 g/mol. The van der Waals surface area contributed by atoms with E-state index in [1.54, 1.807) is 12.1 Å². The summed E-state index contributed by atoms with van der Waals surface area (Å²) in [6.45, 7) is 0. The number of benzene rings is 2. The van der Waals surface area contributed by atoms with E-state index in [1.807, 2.05) is 12.1 Å². The zero-order valence-electron chi connectivity index (χ0n) is 11.4. The summed E-state index contributed by atoms with van der Waals surface area (Å²) in [5, 5.41) is 11.2. The van der Waals surface area contributed by atoms with Crippen molar-refractivity contribution in [2.75, 3.05) is 0 Å². The van der Waals surface area contributed by atoms with E-state index in [4.69, 9.17) is 11.6 Å². The Bertz CT molecular complexity index is 688. The molecule has 0 saturated heterocycles. The zero-order valence-corrected chi connectivity index (χ0v) is 13.7. The molecule has 1 unspecified atom stereocenters. The normalized spacial score (nSPS) is 21.1. The lowest BCUT2D eigenvalue weighted by Gasteiger charge is -2.34. The van der Waals surface area contributed by atoms with E-state index in [1.165, 1.54) is 11.6 Å². The van der Waals surface area contributed by atoms with Crippen molar-refractivity contribution in [3.63, 3.8) is 0 Å². The summed E-state index contributed by atoms with van der Waals surface area (Å²) in [6.07, 6.45) is 2.31. The highest BCUT2D eigenvalue weighted by Gasteiger charge is 2.33. The molecule has 0 bridgehead atoms. The molecule has 21 heavy (non-hydrogen) atoms. The lowest BCUT2D eigenvalue weighted by molar-refractivity contribution is 0.0259. The number of halogens is 3. The molecular formula is C17H15BrClFO. The van der Waals surface area contributed by atoms with E-state index >= 15 is 0 Å². The monoisotopic (exact) mass is 368 g/mol. The fraction of sp³-hybridized carbons (Fsp3) is 0.294. The minimum Gasteiger partial charge on any atom is -0.389 e. The van der Waals surface area contributed by atoms with Crippen LogP contribution in [0.25, 0.3) is 0 Å². The van der Waals surface area contributed by atoms with Gasteiger partial charge in [0, 0.05) is 22.3 Å². The van der Waals surface area contributed by atoms with Crippen LogP contribution in [-0.4, -0.2) is 10.7 Å². The Morgan fingerprint density at radius 3 is 2.76 bits per heavy atom. The lowest BCUT2D eigenvalue weighted by Crippen LogP contribution is -2.38. The van der Waals surface area contributed by atoms with Crippen LogP contribution in [0.1, 0.15) is 23.1 Å². The fourth-order valence-corrected chi connectivity index (χ4v) is 3.55. The van der Waals surface area contributed by atoms with E-state index in [-0.39, 0.29) is 5.82 Å². The van der Waals surface area contributed by atoms with E-state index in [2.05, 4.69) is 22.0 Å². The van der Waals surface area contributed by atoms with Gasteiger partial charge in [-0.3, -0.25) is 0 Å². The maximum Gasteiger partial charge on any atom is 0.127 e. The maximum absolute atomic E-state index is 13.9. The number of aliphatic hydroxyl groups is 1. The van der Waals surface area contributed by atoms with Gasteiger partial charge in [-0.05, 0) is 53.8 Å². The Hall–Kier alpha value is -0.900. The van der Waals surface area contributed by atoms with E-state index in [0.717, 1.165) is 16.5 Å². The fourth-order valence-electron chi connectivity index (χ4n) is 2.98. The minimum atomic E-state index is -0.893. The van der Waals surface area contributed by atoms with Crippen molar-refractivity contribution in [2.24, 2.45) is 0 Å². The molecule has 0 fully saturated rings. The van der Waals surface area contributed by atoms with Crippen LogP contribution in [-0.2, 0) is 19.3 Å². The standard InChI is InChI=1S/C17H15BrClFO/c18-14-3-1-12-9-17(21,6-5-11(12)7-14)10-13-2-4-15(19)8-16(13)20/h1-4,7-8,21H,5-6,9-10H2. The molecule has 0 aromatic heterocycles. The van der Waals surface area contributed by atoms with Crippen LogP contribution in [0.3, 0.4) is 0 Å². The predicted molar refractivity (Wildman–Crippen MR) is 86.2 cm³/mol. The molecule has 1 nitrogen and oxygen atoms in total. The molecule has 3 rings (SSSR count). The third-order valence-electron chi connectivity index (χ3n) is 4.08. The Kier molecular flexibility index (Phi) is 4.08. The topological polar surface area (TPSA) is 20.2 Å². The molecule has 1 aliphatic rings. The first-order chi connectivity index (χ1) is 9.95. The van der Waals surface area contributed by atoms with Crippen molar-refractivity contribution in [3.8, 4) is 0 Å². The van der Waals surface area contributed by atoms with Crippen molar-refractivity contribution >= 4 is 27.5 Å². The first-order valence-electron chi connectivity index (χ1n) is 6.89. The number of fused-ring (bicyclic) bond motifs is 1. The second-order valence-corrected chi connectivity index (χ2v) is 7.08. The number of hydrogen-bond acceptors (Lipinski definition) is 1. The average Bonchev–Trinajstić information content (AvgIpc) is 2.43. The van der Waals surface area contributed by atoms with Crippen molar-refractivity contribution in [2.45, 2.75) is 31.3 Å². The smallest absolute Gasteiger partial charge is 0.127 e. The summed E-state index contributed by atoms with van der Waals surface area (Å²) < 4.78 is 15.0. The maximum atomic E-state index is 13.9. The first kappa shape index (κ1) is 15.0. The molecule has 1 aliphatic carbocycles. The third-order valence-corrected chi connectivity index (χ3v) is 4.81. The number of aryl methyl sites for hydroxylation is 1. The second kappa shape index (κ2) is 5.71. The largest absolute Gasteiger partial charge is 0.389 e. The molecule has 2 aromatic rings. The molecule has 110 valence electrons. The average molecular weight is 370 g/mol. The van der Waals surface area contributed by atoms with Gasteiger partial charge in [-0.1, -0.05) is 39.7 Å². The molecule has 1 N–H and O–H groups in total. The summed E-state index contributed by atoms with van der Waals surface area (Å²) in [6, 6.07) is 10.7. The molecule has 0 heterocycles. The van der Waals surface area contributed by atoms with Gasteiger partial charge in [-0.2, -0.15) is 0 Å². The van der Waals surface area contributed by atoms with Gasteiger partial charge < -0.3 is 5.11 Å². The van der Waals surface area contributed by atoms with E-state index < -0.39 is 5.60 Å². The molecule has 1 atom stereocenters. The Balaban J connectivity index is 1.84. The van der Waals surface area contributed by atoms with Gasteiger partial charge in [0.15, 0.2) is 0 Å². The van der Waals surface area contributed by atoms with Gasteiger partial charge in [0.25, 0.3) is 0 Å². The van der Waals surface area contributed by atoms with Gasteiger partial charge in [0.1, 0.15) is 5.82 Å². The SMILES string of the molecule is OC1(Cc2ccc(Cl)cc2F)CCc2cc(Br)ccc2C1. The molecule has 4 heteroatoms. The lowest BCUT2D eigenvalue weighted by atomic mass is 9.77. The Morgan fingerprint density at radius 1 is 1.19 bits per heavy atom. The summed E-state index contributed by atoms with van der Waals surface area (Å²) in [7, 11) is 0. The predicted octanol–water partition coefficient (Wildman–Crippen LogP) is 4.70. The van der Waals surface area contributed by atoms with Gasteiger partial charge in [0.2, 0.25) is 0 Å². The zero-order chi connectivity index (χ0) is 15.0. The molecule has 2 aromatic carbocycles. The highest BCUT2D eigenvalue weighted by molar-refractivity contribution is 9.10. The highest BCUT2D eigenvalue weighted by atomic mass is 79.9. The molecule has 0 amide bonds. The molecule has 0 saturated carbocycles. The van der Waals surface area contributed by atoms with Crippen LogP contribution in [0, 0.1) is 5.82 Å². The molecule has 0 spiro atoms. The molecule has 0 radical (unpaired) electrons. The minimum absolute atomic E-state index is 0.311. The highest BCUT2D eigenvalue weighted by Crippen LogP contribution is 2.33. The van der Waals surface area contributed by atoms with Crippen LogP contribution >= 0.6 is 27.5 Å². The van der Waals surface area contributed by atoms with E-state index in [9.17, 15) is 9.50 Å². The van der Waals surface area contributed by atoms with Crippen LogP contribution in [0.5, 0.6) is 0 Å². The van der Waals surface area contributed by atoms with Crippen LogP contribution < -0.4 is 0 Å². The quantitative estimate of drug-likeness (QED) is 0.813. The summed E-state index contributed by atoms with van der Waals surface area (Å²) in [5.74, 6) is -0.350. The summed E-state index contributed by atoms with van der Waals surface area (Å²) >= 11 is 9.23.